The van der Waals surface area contributed by atoms with Gasteiger partial charge >= 0.3 is 0 Å². The smallest absolute Gasteiger partial charge is 0.138 e. The van der Waals surface area contributed by atoms with Gasteiger partial charge in [-0.15, -0.1) is 0 Å². The van der Waals surface area contributed by atoms with Crippen LogP contribution in [0.2, 0.25) is 0 Å². The molecule has 0 unspecified atom stereocenters. The molecular formula is C24H24FN5. The highest BCUT2D eigenvalue weighted by atomic mass is 19.1. The van der Waals surface area contributed by atoms with E-state index in [1.807, 2.05) is 24.3 Å². The first-order chi connectivity index (χ1) is 14.6. The Morgan fingerprint density at radius 1 is 0.900 bits per heavy atom. The van der Waals surface area contributed by atoms with Crippen molar-refractivity contribution in [3.8, 4) is 11.4 Å². The molecule has 0 amide bonds. The summed E-state index contributed by atoms with van der Waals surface area (Å²) in [5.41, 5.74) is 5.68. The van der Waals surface area contributed by atoms with E-state index in [9.17, 15) is 4.39 Å². The third-order valence-electron chi connectivity index (χ3n) is 5.60. The number of benzene rings is 3. The van der Waals surface area contributed by atoms with E-state index in [1.54, 1.807) is 6.07 Å². The number of anilines is 3. The van der Waals surface area contributed by atoms with Crippen molar-refractivity contribution in [2.45, 2.75) is 0 Å². The van der Waals surface area contributed by atoms with E-state index in [2.05, 4.69) is 56.4 Å². The van der Waals surface area contributed by atoms with Gasteiger partial charge in [0.05, 0.1) is 11.0 Å². The topological polar surface area (TPSA) is 47.2 Å². The van der Waals surface area contributed by atoms with E-state index in [-0.39, 0.29) is 5.82 Å². The van der Waals surface area contributed by atoms with E-state index in [1.165, 1.54) is 17.8 Å². The Morgan fingerprint density at radius 2 is 1.70 bits per heavy atom. The number of hydrogen-bond acceptors (Lipinski definition) is 4. The first-order valence-electron chi connectivity index (χ1n) is 10.2. The number of imidazole rings is 1. The van der Waals surface area contributed by atoms with E-state index < -0.39 is 0 Å². The summed E-state index contributed by atoms with van der Waals surface area (Å²) in [6, 6.07) is 21.2. The van der Waals surface area contributed by atoms with Crippen LogP contribution in [0.15, 0.2) is 66.7 Å². The first-order valence-corrected chi connectivity index (χ1v) is 10.2. The number of piperazine rings is 1. The number of fused-ring (bicyclic) bond motifs is 1. The van der Waals surface area contributed by atoms with Gasteiger partial charge in [-0.05, 0) is 61.6 Å². The normalized spacial score (nSPS) is 14.9. The standard InChI is InChI=1S/C24H24FN5/c1-29-11-13-30(14-12-29)21-8-6-19(7-9-21)26-20-4-2-3-17(15-20)24-27-22-10-5-18(25)16-23(22)28-24/h2-10,15-16,26H,11-14H2,1H3,(H,27,28). The molecule has 0 aliphatic carbocycles. The molecule has 5 rings (SSSR count). The minimum Gasteiger partial charge on any atom is -0.369 e. The summed E-state index contributed by atoms with van der Waals surface area (Å²) in [6.07, 6.45) is 0. The lowest BCUT2D eigenvalue weighted by atomic mass is 10.1. The fraction of sp³-hybridized carbons (Fsp3) is 0.208. The van der Waals surface area contributed by atoms with Gasteiger partial charge in [-0.3, -0.25) is 0 Å². The molecular weight excluding hydrogens is 377 g/mol. The minimum atomic E-state index is -0.270. The van der Waals surface area contributed by atoms with Crippen LogP contribution in [0.3, 0.4) is 0 Å². The zero-order valence-corrected chi connectivity index (χ0v) is 16.9. The van der Waals surface area contributed by atoms with Gasteiger partial charge in [-0.2, -0.15) is 0 Å². The SMILES string of the molecule is CN1CCN(c2ccc(Nc3cccc(-c4nc5ccc(F)cc5[nH]4)c3)cc2)CC1. The summed E-state index contributed by atoms with van der Waals surface area (Å²) in [5.74, 6) is 0.456. The highest BCUT2D eigenvalue weighted by molar-refractivity contribution is 5.80. The van der Waals surface area contributed by atoms with Crippen LogP contribution in [-0.4, -0.2) is 48.1 Å². The number of hydrogen-bond donors (Lipinski definition) is 2. The molecule has 2 N–H and O–H groups in total. The molecule has 0 saturated carbocycles. The Bertz CT molecular complexity index is 1160. The Balaban J connectivity index is 1.33. The third-order valence-corrected chi connectivity index (χ3v) is 5.60. The molecule has 1 aliphatic heterocycles. The largest absolute Gasteiger partial charge is 0.369 e. The summed E-state index contributed by atoms with van der Waals surface area (Å²) in [5, 5.41) is 3.47. The highest BCUT2D eigenvalue weighted by Crippen LogP contribution is 2.26. The van der Waals surface area contributed by atoms with Gasteiger partial charge in [0.2, 0.25) is 0 Å². The third kappa shape index (κ3) is 3.86. The zero-order chi connectivity index (χ0) is 20.5. The molecule has 5 nitrogen and oxygen atoms in total. The molecule has 1 aromatic heterocycles. The van der Waals surface area contributed by atoms with Crippen molar-refractivity contribution in [1.82, 2.24) is 14.9 Å². The van der Waals surface area contributed by atoms with E-state index in [4.69, 9.17) is 0 Å². The van der Waals surface area contributed by atoms with Crippen LogP contribution >= 0.6 is 0 Å². The number of halogens is 1. The molecule has 0 bridgehead atoms. The number of likely N-dealkylation sites (N-methyl/N-ethyl adjacent to an activating group) is 1. The van der Waals surface area contributed by atoms with Gasteiger partial charge < -0.3 is 20.1 Å². The van der Waals surface area contributed by atoms with Crippen molar-refractivity contribution in [2.24, 2.45) is 0 Å². The fourth-order valence-corrected chi connectivity index (χ4v) is 3.85. The van der Waals surface area contributed by atoms with Crippen LogP contribution in [-0.2, 0) is 0 Å². The van der Waals surface area contributed by atoms with Crippen LogP contribution in [0.4, 0.5) is 21.5 Å². The van der Waals surface area contributed by atoms with Crippen LogP contribution in [0.1, 0.15) is 0 Å². The van der Waals surface area contributed by atoms with Crippen molar-refractivity contribution in [3.05, 3.63) is 72.5 Å². The van der Waals surface area contributed by atoms with Crippen molar-refractivity contribution in [2.75, 3.05) is 43.4 Å². The maximum Gasteiger partial charge on any atom is 0.138 e. The van der Waals surface area contributed by atoms with Crippen LogP contribution in [0, 0.1) is 5.82 Å². The lowest BCUT2D eigenvalue weighted by Gasteiger charge is -2.34. The predicted octanol–water partition coefficient (Wildman–Crippen LogP) is 4.86. The van der Waals surface area contributed by atoms with Crippen molar-refractivity contribution >= 4 is 28.1 Å². The van der Waals surface area contributed by atoms with Crippen molar-refractivity contribution < 1.29 is 4.39 Å². The van der Waals surface area contributed by atoms with Gasteiger partial charge in [0, 0.05) is 48.8 Å². The second-order valence-electron chi connectivity index (χ2n) is 7.79. The number of rotatable bonds is 4. The minimum absolute atomic E-state index is 0.270. The van der Waals surface area contributed by atoms with Crippen LogP contribution < -0.4 is 10.2 Å². The number of aromatic amines is 1. The zero-order valence-electron chi connectivity index (χ0n) is 16.9. The van der Waals surface area contributed by atoms with Gasteiger partial charge in [-0.1, -0.05) is 12.1 Å². The molecule has 1 aliphatic rings. The number of nitrogens with one attached hydrogen (secondary N) is 2. The van der Waals surface area contributed by atoms with E-state index >= 15 is 0 Å². The molecule has 1 fully saturated rings. The van der Waals surface area contributed by atoms with Crippen molar-refractivity contribution in [3.63, 3.8) is 0 Å². The molecule has 1 saturated heterocycles. The quantitative estimate of drug-likeness (QED) is 0.512. The average molecular weight is 401 g/mol. The van der Waals surface area contributed by atoms with E-state index in [0.29, 0.717) is 5.52 Å². The summed E-state index contributed by atoms with van der Waals surface area (Å²) >= 11 is 0. The molecule has 30 heavy (non-hydrogen) atoms. The monoisotopic (exact) mass is 401 g/mol. The second-order valence-corrected chi connectivity index (χ2v) is 7.79. The second kappa shape index (κ2) is 7.80. The average Bonchev–Trinajstić information content (AvgIpc) is 3.18. The molecule has 3 aromatic carbocycles. The lowest BCUT2D eigenvalue weighted by molar-refractivity contribution is 0.313. The highest BCUT2D eigenvalue weighted by Gasteiger charge is 2.14. The summed E-state index contributed by atoms with van der Waals surface area (Å²) in [7, 11) is 2.17. The number of aromatic nitrogens is 2. The molecule has 0 spiro atoms. The summed E-state index contributed by atoms with van der Waals surface area (Å²) in [4.78, 5) is 12.6. The van der Waals surface area contributed by atoms with Gasteiger partial charge in [0.1, 0.15) is 11.6 Å². The maximum atomic E-state index is 13.5. The Kier molecular flexibility index (Phi) is 4.85. The summed E-state index contributed by atoms with van der Waals surface area (Å²) in [6.45, 7) is 4.32. The Labute approximate surface area is 175 Å². The van der Waals surface area contributed by atoms with Crippen LogP contribution in [0.25, 0.3) is 22.4 Å². The molecule has 6 heteroatoms. The van der Waals surface area contributed by atoms with Gasteiger partial charge in [0.25, 0.3) is 0 Å². The molecule has 2 heterocycles. The Morgan fingerprint density at radius 3 is 2.50 bits per heavy atom. The maximum absolute atomic E-state index is 13.5. The van der Waals surface area contributed by atoms with Crippen molar-refractivity contribution in [1.29, 1.82) is 0 Å². The molecule has 0 atom stereocenters. The van der Waals surface area contributed by atoms with Gasteiger partial charge in [0.15, 0.2) is 0 Å². The lowest BCUT2D eigenvalue weighted by Crippen LogP contribution is -2.44. The molecule has 0 radical (unpaired) electrons. The first kappa shape index (κ1) is 18.6. The molecule has 152 valence electrons. The molecule has 4 aromatic rings. The predicted molar refractivity (Wildman–Crippen MR) is 121 cm³/mol. The Hall–Kier alpha value is -3.38. The fourth-order valence-electron chi connectivity index (χ4n) is 3.85. The van der Waals surface area contributed by atoms with Crippen LogP contribution in [0.5, 0.6) is 0 Å². The van der Waals surface area contributed by atoms with Gasteiger partial charge in [-0.25, -0.2) is 9.37 Å². The van der Waals surface area contributed by atoms with E-state index in [0.717, 1.165) is 54.5 Å². The number of nitrogens with zero attached hydrogens (tertiary/aromatic N) is 3. The number of H-pyrrole nitrogens is 1. The summed E-state index contributed by atoms with van der Waals surface area (Å²) < 4.78 is 13.5.